The highest BCUT2D eigenvalue weighted by atomic mass is 16.5. The Labute approximate surface area is 152 Å². The van der Waals surface area contributed by atoms with Gasteiger partial charge >= 0.3 is 0 Å². The molecule has 0 amide bonds. The Morgan fingerprint density at radius 3 is 2.96 bits per heavy atom. The zero-order valence-corrected chi connectivity index (χ0v) is 15.5. The van der Waals surface area contributed by atoms with Crippen LogP contribution in [0, 0.1) is 29.1 Å². The predicted octanol–water partition coefficient (Wildman–Crippen LogP) is 5.86. The number of hydrogen-bond acceptors (Lipinski definition) is 2. The van der Waals surface area contributed by atoms with Crippen molar-refractivity contribution in [2.75, 3.05) is 6.61 Å². The highest BCUT2D eigenvalue weighted by molar-refractivity contribution is 5.43. The molecular weight excluding hydrogens is 306 g/mol. The van der Waals surface area contributed by atoms with E-state index in [9.17, 15) is 0 Å². The number of benzene rings is 1. The van der Waals surface area contributed by atoms with Gasteiger partial charge in [0.05, 0.1) is 0 Å². The summed E-state index contributed by atoms with van der Waals surface area (Å²) < 4.78 is 5.67. The Morgan fingerprint density at radius 1 is 1.20 bits per heavy atom. The van der Waals surface area contributed by atoms with Gasteiger partial charge in [-0.05, 0) is 73.5 Å². The third-order valence-electron chi connectivity index (χ3n) is 6.08. The normalized spacial score (nSPS) is 24.7. The van der Waals surface area contributed by atoms with Crippen molar-refractivity contribution in [3.8, 4) is 11.8 Å². The summed E-state index contributed by atoms with van der Waals surface area (Å²) in [6.45, 7) is 2.42. The van der Waals surface area contributed by atoms with Gasteiger partial charge in [0.15, 0.2) is 6.61 Å². The average Bonchev–Trinajstić information content (AvgIpc) is 3.03. The highest BCUT2D eigenvalue weighted by Crippen LogP contribution is 2.47. The Hall–Kier alpha value is -1.75. The van der Waals surface area contributed by atoms with Crippen molar-refractivity contribution in [2.45, 2.75) is 64.7 Å². The summed E-state index contributed by atoms with van der Waals surface area (Å²) in [6.07, 6.45) is 16.6. The van der Waals surface area contributed by atoms with Gasteiger partial charge in [0.25, 0.3) is 0 Å². The molecule has 0 spiro atoms. The van der Waals surface area contributed by atoms with Crippen LogP contribution in [0.4, 0.5) is 0 Å². The molecule has 1 aromatic rings. The Balaban J connectivity index is 1.61. The fourth-order valence-corrected chi connectivity index (χ4v) is 4.75. The number of allylic oxidation sites excluding steroid dienone is 2. The van der Waals surface area contributed by atoms with Crippen LogP contribution in [0.2, 0.25) is 0 Å². The molecule has 3 rings (SSSR count). The molecule has 0 heterocycles. The smallest absolute Gasteiger partial charge is 0.174 e. The molecule has 1 aromatic carbocycles. The maximum atomic E-state index is 8.78. The lowest BCUT2D eigenvalue weighted by Gasteiger charge is -2.31. The lowest BCUT2D eigenvalue weighted by molar-refractivity contribution is 0.308. The minimum absolute atomic E-state index is 0.147. The van der Waals surface area contributed by atoms with E-state index >= 15 is 0 Å². The number of fused-ring (bicyclic) bond motifs is 2. The molecule has 0 N–H and O–H groups in total. The summed E-state index contributed by atoms with van der Waals surface area (Å²) in [5, 5.41) is 8.78. The summed E-state index contributed by atoms with van der Waals surface area (Å²) in [7, 11) is 0. The van der Waals surface area contributed by atoms with Gasteiger partial charge in [0, 0.05) is 0 Å². The van der Waals surface area contributed by atoms with E-state index in [-0.39, 0.29) is 6.61 Å². The molecular formula is C23H31NO. The Bertz CT molecular complexity index is 627. The minimum atomic E-state index is 0.147. The molecule has 134 valence electrons. The van der Waals surface area contributed by atoms with Crippen molar-refractivity contribution in [2.24, 2.45) is 17.8 Å². The molecule has 0 aliphatic heterocycles. The zero-order valence-electron chi connectivity index (χ0n) is 15.5. The van der Waals surface area contributed by atoms with Crippen LogP contribution in [-0.4, -0.2) is 6.61 Å². The van der Waals surface area contributed by atoms with E-state index < -0.39 is 0 Å². The van der Waals surface area contributed by atoms with Crippen molar-refractivity contribution in [3.63, 3.8) is 0 Å². The summed E-state index contributed by atoms with van der Waals surface area (Å²) >= 11 is 0. The summed E-state index contributed by atoms with van der Waals surface area (Å²) in [6, 6.07) is 8.45. The number of ether oxygens (including phenoxy) is 1. The maximum Gasteiger partial charge on any atom is 0.174 e. The fourth-order valence-electron chi connectivity index (χ4n) is 4.75. The van der Waals surface area contributed by atoms with Crippen molar-refractivity contribution in [1.29, 1.82) is 5.26 Å². The Kier molecular flexibility index (Phi) is 6.56. The van der Waals surface area contributed by atoms with Crippen molar-refractivity contribution in [3.05, 3.63) is 41.5 Å². The first-order valence-electron chi connectivity index (χ1n) is 10.1. The van der Waals surface area contributed by atoms with Gasteiger partial charge < -0.3 is 4.74 Å². The molecule has 1 saturated carbocycles. The van der Waals surface area contributed by atoms with E-state index in [1.54, 1.807) is 0 Å². The number of rotatable bonds is 8. The SMILES string of the molecule is CCCCCC/C=C/C1CC[C@@H]2Cc3c(cccc3OCC#N)C[C@H]12. The molecule has 0 saturated heterocycles. The fraction of sp³-hybridized carbons (Fsp3) is 0.609. The van der Waals surface area contributed by atoms with Gasteiger partial charge in [-0.2, -0.15) is 5.26 Å². The minimum Gasteiger partial charge on any atom is -0.478 e. The van der Waals surface area contributed by atoms with Crippen LogP contribution in [0.25, 0.3) is 0 Å². The monoisotopic (exact) mass is 337 g/mol. The largest absolute Gasteiger partial charge is 0.478 e. The maximum absolute atomic E-state index is 8.78. The molecule has 2 aliphatic carbocycles. The van der Waals surface area contributed by atoms with Crippen LogP contribution >= 0.6 is 0 Å². The van der Waals surface area contributed by atoms with Gasteiger partial charge in [-0.3, -0.25) is 0 Å². The van der Waals surface area contributed by atoms with E-state index in [4.69, 9.17) is 10.00 Å². The van der Waals surface area contributed by atoms with Gasteiger partial charge in [-0.15, -0.1) is 0 Å². The zero-order chi connectivity index (χ0) is 17.5. The summed E-state index contributed by atoms with van der Waals surface area (Å²) in [5.41, 5.74) is 2.81. The molecule has 1 unspecified atom stereocenters. The van der Waals surface area contributed by atoms with E-state index in [0.717, 1.165) is 29.9 Å². The lowest BCUT2D eigenvalue weighted by atomic mass is 9.74. The van der Waals surface area contributed by atoms with Crippen molar-refractivity contribution >= 4 is 0 Å². The first kappa shape index (κ1) is 18.1. The predicted molar refractivity (Wildman–Crippen MR) is 103 cm³/mol. The molecule has 2 nitrogen and oxygen atoms in total. The van der Waals surface area contributed by atoms with E-state index in [2.05, 4.69) is 37.3 Å². The number of unbranched alkanes of at least 4 members (excludes halogenated alkanes) is 4. The second-order valence-electron chi connectivity index (χ2n) is 7.69. The quantitative estimate of drug-likeness (QED) is 0.440. The second-order valence-corrected chi connectivity index (χ2v) is 7.69. The standard InChI is InChI=1S/C23H31NO/c1-2-3-4-5-6-7-9-18-12-13-20-17-22-19(16-21(18)20)10-8-11-23(22)25-15-14-24/h7-11,18,20-21H,2-6,12-13,15-17H2,1H3/b9-7+/t18?,20-,21-/m1/s1. The highest BCUT2D eigenvalue weighted by Gasteiger charge is 2.38. The first-order valence-corrected chi connectivity index (χ1v) is 10.1. The topological polar surface area (TPSA) is 33.0 Å². The van der Waals surface area contributed by atoms with E-state index in [0.29, 0.717) is 0 Å². The van der Waals surface area contributed by atoms with Crippen molar-refractivity contribution < 1.29 is 4.74 Å². The van der Waals surface area contributed by atoms with E-state index in [1.165, 1.54) is 62.5 Å². The molecule has 1 fully saturated rings. The molecule has 3 atom stereocenters. The number of nitriles is 1. The van der Waals surface area contributed by atoms with Crippen LogP contribution < -0.4 is 4.74 Å². The van der Waals surface area contributed by atoms with Crippen LogP contribution in [0.5, 0.6) is 5.75 Å². The van der Waals surface area contributed by atoms with Crippen LogP contribution in [0.1, 0.15) is 63.0 Å². The summed E-state index contributed by atoms with van der Waals surface area (Å²) in [5.74, 6) is 3.28. The number of nitrogens with zero attached hydrogens (tertiary/aromatic N) is 1. The molecule has 0 aromatic heterocycles. The van der Waals surface area contributed by atoms with Crippen LogP contribution in [0.15, 0.2) is 30.4 Å². The van der Waals surface area contributed by atoms with Crippen LogP contribution in [-0.2, 0) is 12.8 Å². The average molecular weight is 338 g/mol. The summed E-state index contributed by atoms with van der Waals surface area (Å²) in [4.78, 5) is 0. The molecule has 0 radical (unpaired) electrons. The number of hydrogen-bond donors (Lipinski definition) is 0. The molecule has 2 heteroatoms. The van der Waals surface area contributed by atoms with Crippen molar-refractivity contribution in [1.82, 2.24) is 0 Å². The first-order chi connectivity index (χ1) is 12.3. The van der Waals surface area contributed by atoms with Gasteiger partial charge in [0.1, 0.15) is 11.8 Å². The molecule has 0 bridgehead atoms. The van der Waals surface area contributed by atoms with E-state index in [1.807, 2.05) is 6.07 Å². The molecule has 25 heavy (non-hydrogen) atoms. The van der Waals surface area contributed by atoms with Gasteiger partial charge in [-0.25, -0.2) is 0 Å². The lowest BCUT2D eigenvalue weighted by Crippen LogP contribution is -2.25. The van der Waals surface area contributed by atoms with Gasteiger partial charge in [0.2, 0.25) is 0 Å². The molecule has 2 aliphatic rings. The van der Waals surface area contributed by atoms with Gasteiger partial charge in [-0.1, -0.05) is 50.5 Å². The van der Waals surface area contributed by atoms with Crippen LogP contribution in [0.3, 0.4) is 0 Å². The Morgan fingerprint density at radius 2 is 2.12 bits per heavy atom. The third-order valence-corrected chi connectivity index (χ3v) is 6.08. The third kappa shape index (κ3) is 4.46. The second kappa shape index (κ2) is 9.09.